The summed E-state index contributed by atoms with van der Waals surface area (Å²) in [5.74, 6) is -4.20. The molecule has 12 heteroatoms. The van der Waals surface area contributed by atoms with Crippen molar-refractivity contribution in [2.75, 3.05) is 6.54 Å². The van der Waals surface area contributed by atoms with Crippen LogP contribution in [-0.4, -0.2) is 75.4 Å². The minimum Gasteiger partial charge on any atom is -0.508 e. The maximum Gasteiger partial charge on any atom is 0.326 e. The molecule has 1 fully saturated rings. The quantitative estimate of drug-likeness (QED) is 0.212. The van der Waals surface area contributed by atoms with Gasteiger partial charge in [0, 0.05) is 13.0 Å². The van der Waals surface area contributed by atoms with Crippen LogP contribution in [0.25, 0.3) is 0 Å². The highest BCUT2D eigenvalue weighted by Crippen LogP contribution is 2.21. The van der Waals surface area contributed by atoms with Gasteiger partial charge in [0.2, 0.25) is 23.6 Å². The summed E-state index contributed by atoms with van der Waals surface area (Å²) in [6.45, 7) is 4.09. The Kier molecular flexibility index (Phi) is 10.2. The Morgan fingerprint density at radius 3 is 2.31 bits per heavy atom. The highest BCUT2D eigenvalue weighted by atomic mass is 16.4. The van der Waals surface area contributed by atoms with Gasteiger partial charge in [0.1, 0.15) is 23.9 Å². The predicted octanol–water partition coefficient (Wildman–Crippen LogP) is -0.771. The minimum atomic E-state index is -1.43. The molecule has 1 aromatic rings. The van der Waals surface area contributed by atoms with Crippen molar-refractivity contribution >= 4 is 29.6 Å². The number of amides is 4. The molecule has 36 heavy (non-hydrogen) atoms. The van der Waals surface area contributed by atoms with Gasteiger partial charge in [-0.15, -0.1) is 0 Å². The number of carboxylic acids is 1. The van der Waals surface area contributed by atoms with Crippen LogP contribution in [0.2, 0.25) is 0 Å². The minimum absolute atomic E-state index is 0.00319. The maximum atomic E-state index is 13.0. The third-order valence-electron chi connectivity index (χ3n) is 6.41. The van der Waals surface area contributed by atoms with Crippen molar-refractivity contribution in [3.63, 3.8) is 0 Å². The molecule has 0 saturated carbocycles. The molecule has 0 bridgehead atoms. The number of nitrogens with one attached hydrogen (secondary N) is 2. The van der Waals surface area contributed by atoms with Gasteiger partial charge in [-0.25, -0.2) is 4.79 Å². The van der Waals surface area contributed by atoms with E-state index in [0.29, 0.717) is 31.4 Å². The number of phenolic OH excluding ortho intramolecular Hbond substituents is 1. The lowest BCUT2D eigenvalue weighted by atomic mass is 9.98. The van der Waals surface area contributed by atoms with Crippen molar-refractivity contribution in [2.24, 2.45) is 17.4 Å². The van der Waals surface area contributed by atoms with E-state index in [9.17, 15) is 34.2 Å². The first kappa shape index (κ1) is 28.6. The number of phenols is 1. The molecule has 198 valence electrons. The van der Waals surface area contributed by atoms with Gasteiger partial charge in [-0.3, -0.25) is 19.2 Å². The number of aliphatic carboxylic acids is 1. The van der Waals surface area contributed by atoms with Gasteiger partial charge in [0.25, 0.3) is 0 Å². The molecule has 0 spiro atoms. The van der Waals surface area contributed by atoms with Crippen LogP contribution in [0.15, 0.2) is 24.3 Å². The first-order valence-electron chi connectivity index (χ1n) is 11.9. The summed E-state index contributed by atoms with van der Waals surface area (Å²) >= 11 is 0. The first-order chi connectivity index (χ1) is 16.9. The summed E-state index contributed by atoms with van der Waals surface area (Å²) in [4.78, 5) is 63.5. The SMILES string of the molecule is CCC(C)C(N)C(=O)N1CCCC1C(=O)NC(CC(N)=O)C(=O)NC(Cc1ccc(O)cc1)C(=O)O. The molecular weight excluding hydrogens is 470 g/mol. The summed E-state index contributed by atoms with van der Waals surface area (Å²) < 4.78 is 0. The summed E-state index contributed by atoms with van der Waals surface area (Å²) in [7, 11) is 0. The molecule has 8 N–H and O–H groups in total. The van der Waals surface area contributed by atoms with Crippen LogP contribution in [0, 0.1) is 5.92 Å². The number of carboxylic acid groups (broad SMARTS) is 1. The average molecular weight is 506 g/mol. The second-order valence-corrected chi connectivity index (χ2v) is 9.10. The molecule has 1 saturated heterocycles. The van der Waals surface area contributed by atoms with Crippen LogP contribution in [0.5, 0.6) is 5.75 Å². The van der Waals surface area contributed by atoms with Gasteiger partial charge in [0.15, 0.2) is 0 Å². The molecular formula is C24H35N5O7. The van der Waals surface area contributed by atoms with Crippen LogP contribution in [-0.2, 0) is 30.4 Å². The third-order valence-corrected chi connectivity index (χ3v) is 6.41. The average Bonchev–Trinajstić information content (AvgIpc) is 3.32. The van der Waals surface area contributed by atoms with E-state index in [1.165, 1.54) is 29.2 Å². The predicted molar refractivity (Wildman–Crippen MR) is 129 cm³/mol. The number of nitrogens with zero attached hydrogens (tertiary/aromatic N) is 1. The number of hydrogen-bond donors (Lipinski definition) is 6. The third kappa shape index (κ3) is 7.67. The number of carbonyl (C=O) groups excluding carboxylic acids is 4. The highest BCUT2D eigenvalue weighted by molar-refractivity contribution is 5.96. The highest BCUT2D eigenvalue weighted by Gasteiger charge is 2.39. The molecule has 5 atom stereocenters. The zero-order chi connectivity index (χ0) is 27.0. The van der Waals surface area contributed by atoms with Gasteiger partial charge in [-0.2, -0.15) is 0 Å². The fourth-order valence-corrected chi connectivity index (χ4v) is 4.01. The van der Waals surface area contributed by atoms with Crippen molar-refractivity contribution in [3.05, 3.63) is 29.8 Å². The number of rotatable bonds is 12. The lowest BCUT2D eigenvalue weighted by Gasteiger charge is -2.30. The summed E-state index contributed by atoms with van der Waals surface area (Å²) in [5, 5.41) is 23.8. The number of likely N-dealkylation sites (tertiary alicyclic amines) is 1. The number of primary amides is 1. The van der Waals surface area contributed by atoms with Gasteiger partial charge < -0.3 is 37.2 Å². The number of benzene rings is 1. The van der Waals surface area contributed by atoms with Crippen LogP contribution in [0.1, 0.15) is 45.1 Å². The number of aromatic hydroxyl groups is 1. The molecule has 2 rings (SSSR count). The Labute approximate surface area is 209 Å². The Morgan fingerprint density at radius 2 is 1.75 bits per heavy atom. The van der Waals surface area contributed by atoms with E-state index < -0.39 is 54.3 Å². The number of nitrogens with two attached hydrogens (primary N) is 2. The molecule has 4 amide bonds. The summed E-state index contributed by atoms with van der Waals surface area (Å²) in [6.07, 6.45) is 0.951. The lowest BCUT2D eigenvalue weighted by Crippen LogP contribution is -2.58. The monoisotopic (exact) mass is 505 g/mol. The van der Waals surface area contributed by atoms with E-state index in [1.807, 2.05) is 13.8 Å². The van der Waals surface area contributed by atoms with E-state index in [4.69, 9.17) is 11.5 Å². The summed E-state index contributed by atoms with van der Waals surface area (Å²) in [5.41, 5.74) is 11.9. The Morgan fingerprint density at radius 1 is 1.11 bits per heavy atom. The molecule has 12 nitrogen and oxygen atoms in total. The van der Waals surface area contributed by atoms with Gasteiger partial charge >= 0.3 is 5.97 Å². The molecule has 0 radical (unpaired) electrons. The van der Waals surface area contributed by atoms with Crippen LogP contribution < -0.4 is 22.1 Å². The number of hydrogen-bond acceptors (Lipinski definition) is 7. The van der Waals surface area contributed by atoms with E-state index in [0.717, 1.165) is 0 Å². The largest absolute Gasteiger partial charge is 0.508 e. The zero-order valence-electron chi connectivity index (χ0n) is 20.5. The standard InChI is InChI=1S/C24H35N5O7/c1-3-13(2)20(26)23(34)29-10-4-5-18(29)22(33)27-16(12-19(25)31)21(32)28-17(24(35)36)11-14-6-8-15(30)9-7-14/h6-9,13,16-18,20,30H,3-5,10-12,26H2,1-2H3,(H2,25,31)(H,27,33)(H,28,32)(H,35,36). The second kappa shape index (κ2) is 12.9. The first-order valence-corrected chi connectivity index (χ1v) is 11.9. The molecule has 1 aliphatic heterocycles. The fourth-order valence-electron chi connectivity index (χ4n) is 4.01. The van der Waals surface area contributed by atoms with Crippen molar-refractivity contribution in [1.29, 1.82) is 0 Å². The fraction of sp³-hybridized carbons (Fsp3) is 0.542. The van der Waals surface area contributed by atoms with E-state index >= 15 is 0 Å². The zero-order valence-corrected chi connectivity index (χ0v) is 20.5. The van der Waals surface area contributed by atoms with Crippen molar-refractivity contribution < 1.29 is 34.2 Å². The van der Waals surface area contributed by atoms with E-state index in [-0.39, 0.29) is 24.0 Å². The molecule has 1 heterocycles. The van der Waals surface area contributed by atoms with E-state index in [1.54, 1.807) is 0 Å². The van der Waals surface area contributed by atoms with Gasteiger partial charge in [-0.05, 0) is 36.5 Å². The summed E-state index contributed by atoms with van der Waals surface area (Å²) in [6, 6.07) is 1.34. The smallest absolute Gasteiger partial charge is 0.326 e. The normalized spacial score (nSPS) is 18.5. The Hall–Kier alpha value is -3.67. The molecule has 1 aliphatic rings. The topological polar surface area (TPSA) is 205 Å². The number of carbonyl (C=O) groups is 5. The van der Waals surface area contributed by atoms with E-state index in [2.05, 4.69) is 10.6 Å². The van der Waals surface area contributed by atoms with Gasteiger partial charge in [-0.1, -0.05) is 32.4 Å². The molecule has 0 aliphatic carbocycles. The molecule has 5 unspecified atom stereocenters. The van der Waals surface area contributed by atoms with Crippen molar-refractivity contribution in [1.82, 2.24) is 15.5 Å². The lowest BCUT2D eigenvalue weighted by molar-refractivity contribution is -0.143. The van der Waals surface area contributed by atoms with Crippen LogP contribution >= 0.6 is 0 Å². The van der Waals surface area contributed by atoms with Gasteiger partial charge in [0.05, 0.1) is 12.5 Å². The Bertz CT molecular complexity index is 968. The van der Waals surface area contributed by atoms with Crippen molar-refractivity contribution in [2.45, 2.75) is 70.1 Å². The molecule has 1 aromatic carbocycles. The molecule has 0 aromatic heterocycles. The van der Waals surface area contributed by atoms with Crippen molar-refractivity contribution in [3.8, 4) is 5.75 Å². The van der Waals surface area contributed by atoms with Crippen LogP contribution in [0.3, 0.4) is 0 Å². The maximum absolute atomic E-state index is 13.0. The Balaban J connectivity index is 2.13. The second-order valence-electron chi connectivity index (χ2n) is 9.10. The van der Waals surface area contributed by atoms with Crippen LogP contribution in [0.4, 0.5) is 0 Å².